The zero-order chi connectivity index (χ0) is 16.4. The van der Waals surface area contributed by atoms with E-state index in [9.17, 15) is 9.18 Å². The number of carbonyl (C=O) groups excluding carboxylic acids is 1. The molecule has 116 valence electrons. The van der Waals surface area contributed by atoms with Gasteiger partial charge in [-0.25, -0.2) is 4.39 Å². The van der Waals surface area contributed by atoms with Crippen LogP contribution in [0, 0.1) is 5.82 Å². The molecule has 0 radical (unpaired) electrons. The van der Waals surface area contributed by atoms with Gasteiger partial charge in [0.15, 0.2) is 4.32 Å². The van der Waals surface area contributed by atoms with E-state index in [1.807, 2.05) is 6.07 Å². The van der Waals surface area contributed by atoms with Crippen LogP contribution in [0.5, 0.6) is 5.75 Å². The first kappa shape index (κ1) is 15.7. The van der Waals surface area contributed by atoms with Gasteiger partial charge in [0.05, 0.1) is 17.7 Å². The summed E-state index contributed by atoms with van der Waals surface area (Å²) >= 11 is 6.46. The summed E-state index contributed by atoms with van der Waals surface area (Å²) in [5, 5.41) is 0. The Morgan fingerprint density at radius 1 is 1.17 bits per heavy atom. The maximum absolute atomic E-state index is 13.8. The number of halogens is 1. The highest BCUT2D eigenvalue weighted by Gasteiger charge is 2.34. The maximum atomic E-state index is 13.8. The van der Waals surface area contributed by atoms with Crippen LogP contribution >= 0.6 is 24.0 Å². The molecule has 0 atom stereocenters. The maximum Gasteiger partial charge on any atom is 0.270 e. The Kier molecular flexibility index (Phi) is 4.45. The smallest absolute Gasteiger partial charge is 0.270 e. The molecule has 3 nitrogen and oxygen atoms in total. The van der Waals surface area contributed by atoms with Crippen molar-refractivity contribution in [3.8, 4) is 5.75 Å². The summed E-state index contributed by atoms with van der Waals surface area (Å²) in [6, 6.07) is 13.4. The first-order chi connectivity index (χ1) is 11.1. The van der Waals surface area contributed by atoms with Gasteiger partial charge in [-0.1, -0.05) is 54.3 Å². The molecule has 1 aliphatic rings. The highest BCUT2D eigenvalue weighted by molar-refractivity contribution is 8.27. The van der Waals surface area contributed by atoms with Gasteiger partial charge in [0.25, 0.3) is 5.91 Å². The summed E-state index contributed by atoms with van der Waals surface area (Å²) in [5.74, 6) is -0.112. The zero-order valence-corrected chi connectivity index (χ0v) is 13.8. The summed E-state index contributed by atoms with van der Waals surface area (Å²) < 4.78 is 19.5. The van der Waals surface area contributed by atoms with Crippen LogP contribution in [0.15, 0.2) is 53.4 Å². The van der Waals surface area contributed by atoms with Crippen molar-refractivity contribution in [2.24, 2.45) is 0 Å². The van der Waals surface area contributed by atoms with E-state index in [1.165, 1.54) is 24.2 Å². The van der Waals surface area contributed by atoms with Gasteiger partial charge in [-0.3, -0.25) is 9.69 Å². The first-order valence-corrected chi connectivity index (χ1v) is 8.00. The SMILES string of the molecule is COc1ccccc1N1C(=O)/C(=C\c2ccccc2F)SC1=S. The minimum Gasteiger partial charge on any atom is -0.495 e. The molecule has 0 bridgehead atoms. The number of nitrogens with zero attached hydrogens (tertiary/aromatic N) is 1. The molecule has 0 aromatic heterocycles. The predicted molar refractivity (Wildman–Crippen MR) is 95.0 cm³/mol. The second-order valence-electron chi connectivity index (χ2n) is 4.71. The molecular weight excluding hydrogens is 333 g/mol. The highest BCUT2D eigenvalue weighted by Crippen LogP contribution is 2.39. The van der Waals surface area contributed by atoms with Crippen LogP contribution in [-0.4, -0.2) is 17.3 Å². The molecule has 0 saturated carbocycles. The fourth-order valence-corrected chi connectivity index (χ4v) is 3.50. The lowest BCUT2D eigenvalue weighted by atomic mass is 10.2. The van der Waals surface area contributed by atoms with Crippen LogP contribution in [0.1, 0.15) is 5.56 Å². The van der Waals surface area contributed by atoms with Crippen molar-refractivity contribution in [1.29, 1.82) is 0 Å². The van der Waals surface area contributed by atoms with Gasteiger partial charge in [-0.2, -0.15) is 0 Å². The molecule has 1 fully saturated rings. The lowest BCUT2D eigenvalue weighted by Crippen LogP contribution is -2.27. The Morgan fingerprint density at radius 3 is 2.61 bits per heavy atom. The van der Waals surface area contributed by atoms with E-state index in [0.29, 0.717) is 26.2 Å². The van der Waals surface area contributed by atoms with Crippen LogP contribution in [0.4, 0.5) is 10.1 Å². The number of hydrogen-bond donors (Lipinski definition) is 0. The molecule has 0 N–H and O–H groups in total. The minimum absolute atomic E-state index is 0.284. The molecule has 23 heavy (non-hydrogen) atoms. The molecule has 0 spiro atoms. The molecule has 1 heterocycles. The number of hydrogen-bond acceptors (Lipinski definition) is 4. The molecule has 0 unspecified atom stereocenters. The zero-order valence-electron chi connectivity index (χ0n) is 12.2. The molecule has 6 heteroatoms. The molecule has 1 amide bonds. The number of anilines is 1. The third-order valence-corrected chi connectivity index (χ3v) is 4.61. The van der Waals surface area contributed by atoms with E-state index in [4.69, 9.17) is 17.0 Å². The molecule has 1 aliphatic heterocycles. The van der Waals surface area contributed by atoms with Gasteiger partial charge >= 0.3 is 0 Å². The quantitative estimate of drug-likeness (QED) is 0.615. The summed E-state index contributed by atoms with van der Waals surface area (Å²) in [6.45, 7) is 0. The van der Waals surface area contributed by atoms with Crippen molar-refractivity contribution in [2.75, 3.05) is 12.0 Å². The Labute approximate surface area is 142 Å². The van der Waals surface area contributed by atoms with Crippen molar-refractivity contribution in [3.05, 3.63) is 64.8 Å². The topological polar surface area (TPSA) is 29.5 Å². The van der Waals surface area contributed by atoms with Crippen molar-refractivity contribution >= 4 is 46.0 Å². The normalized spacial score (nSPS) is 16.3. The van der Waals surface area contributed by atoms with Crippen molar-refractivity contribution in [1.82, 2.24) is 0 Å². The fourth-order valence-electron chi connectivity index (χ4n) is 2.22. The van der Waals surface area contributed by atoms with Gasteiger partial charge in [-0.05, 0) is 24.3 Å². The van der Waals surface area contributed by atoms with Gasteiger partial charge in [0, 0.05) is 5.56 Å². The highest BCUT2D eigenvalue weighted by atomic mass is 32.2. The largest absolute Gasteiger partial charge is 0.495 e. The molecule has 2 aromatic carbocycles. The van der Waals surface area contributed by atoms with Gasteiger partial charge in [-0.15, -0.1) is 0 Å². The van der Waals surface area contributed by atoms with Crippen LogP contribution < -0.4 is 9.64 Å². The van der Waals surface area contributed by atoms with Crippen molar-refractivity contribution < 1.29 is 13.9 Å². The van der Waals surface area contributed by atoms with Gasteiger partial charge in [0.1, 0.15) is 11.6 Å². The lowest BCUT2D eigenvalue weighted by molar-refractivity contribution is -0.113. The number of amides is 1. The van der Waals surface area contributed by atoms with Crippen molar-refractivity contribution in [2.45, 2.75) is 0 Å². The first-order valence-electron chi connectivity index (χ1n) is 6.77. The minimum atomic E-state index is -0.380. The standard InChI is InChI=1S/C17H12FNO2S2/c1-21-14-9-5-4-8-13(14)19-16(20)15(23-17(19)22)10-11-6-2-3-7-12(11)18/h2-10H,1H3/b15-10+. The molecule has 2 aromatic rings. The Bertz CT molecular complexity index is 820. The average Bonchev–Trinajstić information content (AvgIpc) is 2.83. The van der Waals surface area contributed by atoms with E-state index in [2.05, 4.69) is 0 Å². The number of ether oxygens (including phenoxy) is 1. The Hall–Kier alpha value is -2.18. The number of thiocarbonyl (C=S) groups is 1. The third-order valence-electron chi connectivity index (χ3n) is 3.31. The third kappa shape index (κ3) is 3.00. The Balaban J connectivity index is 1.99. The second-order valence-corrected chi connectivity index (χ2v) is 6.39. The van der Waals surface area contributed by atoms with Crippen LogP contribution in [-0.2, 0) is 4.79 Å². The summed E-state index contributed by atoms with van der Waals surface area (Å²) in [4.78, 5) is 14.5. The van der Waals surface area contributed by atoms with Crippen LogP contribution in [0.3, 0.4) is 0 Å². The fraction of sp³-hybridized carbons (Fsp3) is 0.0588. The summed E-state index contributed by atoms with van der Waals surface area (Å²) in [6.07, 6.45) is 1.52. The number of carbonyl (C=O) groups is 1. The van der Waals surface area contributed by atoms with Crippen LogP contribution in [0.2, 0.25) is 0 Å². The Morgan fingerprint density at radius 2 is 1.87 bits per heavy atom. The van der Waals surface area contributed by atoms with E-state index in [1.54, 1.807) is 36.4 Å². The lowest BCUT2D eigenvalue weighted by Gasteiger charge is -2.17. The van der Waals surface area contributed by atoms with E-state index >= 15 is 0 Å². The van der Waals surface area contributed by atoms with E-state index in [-0.39, 0.29) is 11.7 Å². The summed E-state index contributed by atoms with van der Waals surface area (Å²) in [7, 11) is 1.53. The number of para-hydroxylation sites is 2. The average molecular weight is 345 g/mol. The number of benzene rings is 2. The van der Waals surface area contributed by atoms with E-state index < -0.39 is 0 Å². The monoisotopic (exact) mass is 345 g/mol. The number of thioether (sulfide) groups is 1. The molecule has 1 saturated heterocycles. The molecular formula is C17H12FNO2S2. The van der Waals surface area contributed by atoms with Crippen LogP contribution in [0.25, 0.3) is 6.08 Å². The van der Waals surface area contributed by atoms with Crippen molar-refractivity contribution in [3.63, 3.8) is 0 Å². The number of rotatable bonds is 3. The second kappa shape index (κ2) is 6.52. The summed E-state index contributed by atoms with van der Waals surface area (Å²) in [5.41, 5.74) is 0.933. The van der Waals surface area contributed by atoms with E-state index in [0.717, 1.165) is 11.8 Å². The van der Waals surface area contributed by atoms with Gasteiger partial charge < -0.3 is 4.74 Å². The number of methoxy groups -OCH3 is 1. The molecule has 3 rings (SSSR count). The predicted octanol–water partition coefficient (Wildman–Crippen LogP) is 4.24. The van der Waals surface area contributed by atoms with Gasteiger partial charge in [0.2, 0.25) is 0 Å². The molecule has 0 aliphatic carbocycles.